The summed E-state index contributed by atoms with van der Waals surface area (Å²) in [7, 11) is 0. The smallest absolute Gasteiger partial charge is 0.335 e. The zero-order valence-electron chi connectivity index (χ0n) is 17.4. The quantitative estimate of drug-likeness (QED) is 0.366. The Kier molecular flexibility index (Phi) is 9.48. The van der Waals surface area contributed by atoms with E-state index < -0.39 is 5.97 Å². The second kappa shape index (κ2) is 12.1. The highest BCUT2D eigenvalue weighted by Crippen LogP contribution is 2.26. The molecule has 1 amide bonds. The molecule has 0 spiro atoms. The van der Waals surface area contributed by atoms with Gasteiger partial charge in [-0.2, -0.15) is 0 Å². The summed E-state index contributed by atoms with van der Waals surface area (Å²) in [6, 6.07) is 7.66. The van der Waals surface area contributed by atoms with Gasteiger partial charge in [0.25, 0.3) is 5.91 Å². The molecule has 2 aromatic carbocycles. The predicted octanol–water partition coefficient (Wildman–Crippen LogP) is 5.89. The van der Waals surface area contributed by atoms with Crippen molar-refractivity contribution in [3.63, 3.8) is 0 Å². The zero-order chi connectivity index (χ0) is 21.1. The maximum atomic E-state index is 12.4. The number of phenols is 1. The van der Waals surface area contributed by atoms with E-state index in [9.17, 15) is 14.7 Å². The van der Waals surface area contributed by atoms with E-state index in [4.69, 9.17) is 5.11 Å². The number of carbonyl (C=O) groups excluding carboxylic acids is 1. The van der Waals surface area contributed by atoms with Crippen molar-refractivity contribution in [3.05, 3.63) is 41.5 Å². The number of benzene rings is 2. The molecule has 0 aromatic heterocycles. The first-order chi connectivity index (χ1) is 14.0. The van der Waals surface area contributed by atoms with Gasteiger partial charge < -0.3 is 15.5 Å². The standard InChI is InChI=1S/C24H33NO4/c1-2-3-4-5-6-7-8-9-10-11-14-25-23(27)21-16-20-15-19(24(28)29)13-12-18(20)17-22(21)26/h12-13,15-17,26H,2-11,14H2,1H3,(H,25,27)(H,28,29). The molecule has 2 aromatic rings. The highest BCUT2D eigenvalue weighted by Gasteiger charge is 2.13. The maximum absolute atomic E-state index is 12.4. The third-order valence-electron chi connectivity index (χ3n) is 5.26. The number of carbonyl (C=O) groups is 2. The summed E-state index contributed by atoms with van der Waals surface area (Å²) in [5.74, 6) is -1.45. The molecule has 0 aliphatic carbocycles. The molecule has 0 heterocycles. The Morgan fingerprint density at radius 2 is 1.45 bits per heavy atom. The number of aromatic carboxylic acids is 1. The number of carboxylic acid groups (broad SMARTS) is 1. The Bertz CT molecular complexity index is 816. The molecule has 158 valence electrons. The monoisotopic (exact) mass is 399 g/mol. The van der Waals surface area contributed by atoms with E-state index in [1.165, 1.54) is 69.6 Å². The van der Waals surface area contributed by atoms with Crippen LogP contribution in [-0.4, -0.2) is 28.6 Å². The molecule has 5 heteroatoms. The summed E-state index contributed by atoms with van der Waals surface area (Å²) < 4.78 is 0. The first-order valence-corrected chi connectivity index (χ1v) is 10.8. The fourth-order valence-electron chi connectivity index (χ4n) is 3.51. The minimum atomic E-state index is -1.02. The molecule has 0 unspecified atom stereocenters. The van der Waals surface area contributed by atoms with Crippen molar-refractivity contribution in [1.82, 2.24) is 5.32 Å². The first kappa shape index (κ1) is 22.7. The van der Waals surface area contributed by atoms with Crippen molar-refractivity contribution in [2.24, 2.45) is 0 Å². The number of aromatic hydroxyl groups is 1. The van der Waals surface area contributed by atoms with Gasteiger partial charge in [0.15, 0.2) is 0 Å². The topological polar surface area (TPSA) is 86.6 Å². The van der Waals surface area contributed by atoms with Crippen LogP contribution < -0.4 is 5.32 Å². The molecule has 0 bridgehead atoms. The first-order valence-electron chi connectivity index (χ1n) is 10.8. The molecule has 5 nitrogen and oxygen atoms in total. The minimum Gasteiger partial charge on any atom is -0.507 e. The van der Waals surface area contributed by atoms with Gasteiger partial charge in [0.1, 0.15) is 5.75 Å². The van der Waals surface area contributed by atoms with E-state index >= 15 is 0 Å². The molecule has 2 rings (SSSR count). The summed E-state index contributed by atoms with van der Waals surface area (Å²) in [5.41, 5.74) is 0.326. The fraction of sp³-hybridized carbons (Fsp3) is 0.500. The Morgan fingerprint density at radius 1 is 0.828 bits per heavy atom. The van der Waals surface area contributed by atoms with E-state index in [2.05, 4.69) is 12.2 Å². The van der Waals surface area contributed by atoms with E-state index in [1.807, 2.05) is 0 Å². The van der Waals surface area contributed by atoms with Gasteiger partial charge in [0.2, 0.25) is 0 Å². The van der Waals surface area contributed by atoms with Crippen LogP contribution in [0.3, 0.4) is 0 Å². The lowest BCUT2D eigenvalue weighted by Crippen LogP contribution is -2.24. The molecule has 0 aliphatic rings. The van der Waals surface area contributed by atoms with Gasteiger partial charge in [0, 0.05) is 6.54 Å². The number of rotatable bonds is 13. The lowest BCUT2D eigenvalue weighted by atomic mass is 10.0. The Morgan fingerprint density at radius 3 is 2.07 bits per heavy atom. The van der Waals surface area contributed by atoms with Crippen molar-refractivity contribution in [2.75, 3.05) is 6.54 Å². The molecular weight excluding hydrogens is 366 g/mol. The lowest BCUT2D eigenvalue weighted by molar-refractivity contribution is 0.0696. The van der Waals surface area contributed by atoms with Gasteiger partial charge in [-0.3, -0.25) is 4.79 Å². The van der Waals surface area contributed by atoms with Crippen LogP contribution in [0.5, 0.6) is 5.75 Å². The van der Waals surface area contributed by atoms with Crippen molar-refractivity contribution in [3.8, 4) is 5.75 Å². The highest BCUT2D eigenvalue weighted by molar-refractivity contribution is 6.02. The van der Waals surface area contributed by atoms with E-state index in [0.717, 1.165) is 12.8 Å². The van der Waals surface area contributed by atoms with Gasteiger partial charge in [-0.25, -0.2) is 4.79 Å². The second-order valence-corrected chi connectivity index (χ2v) is 7.67. The summed E-state index contributed by atoms with van der Waals surface area (Å²) >= 11 is 0. The third kappa shape index (κ3) is 7.41. The third-order valence-corrected chi connectivity index (χ3v) is 5.26. The van der Waals surface area contributed by atoms with Gasteiger partial charge in [-0.15, -0.1) is 0 Å². The maximum Gasteiger partial charge on any atom is 0.335 e. The molecular formula is C24H33NO4. The molecule has 0 saturated heterocycles. The number of carboxylic acids is 1. The van der Waals surface area contributed by atoms with Crippen LogP contribution >= 0.6 is 0 Å². The molecule has 0 fully saturated rings. The van der Waals surface area contributed by atoms with Crippen LogP contribution in [0.15, 0.2) is 30.3 Å². The van der Waals surface area contributed by atoms with Gasteiger partial charge in [0.05, 0.1) is 11.1 Å². The van der Waals surface area contributed by atoms with E-state index in [0.29, 0.717) is 17.3 Å². The molecule has 3 N–H and O–H groups in total. The van der Waals surface area contributed by atoms with Gasteiger partial charge >= 0.3 is 5.97 Å². The van der Waals surface area contributed by atoms with Crippen LogP contribution in [0.2, 0.25) is 0 Å². The summed E-state index contributed by atoms with van der Waals surface area (Å²) in [6.45, 7) is 2.80. The number of unbranched alkanes of at least 4 members (excludes halogenated alkanes) is 9. The number of hydrogen-bond donors (Lipinski definition) is 3. The van der Waals surface area contributed by atoms with Gasteiger partial charge in [-0.1, -0.05) is 70.8 Å². The largest absolute Gasteiger partial charge is 0.507 e. The average molecular weight is 400 g/mol. The summed E-state index contributed by atoms with van der Waals surface area (Å²) in [4.78, 5) is 23.5. The van der Waals surface area contributed by atoms with Crippen LogP contribution in [0.4, 0.5) is 0 Å². The summed E-state index contributed by atoms with van der Waals surface area (Å²) in [5, 5.41) is 23.4. The van der Waals surface area contributed by atoms with Crippen LogP contribution in [-0.2, 0) is 0 Å². The van der Waals surface area contributed by atoms with Crippen molar-refractivity contribution in [2.45, 2.75) is 71.1 Å². The number of phenolic OH excluding ortho intramolecular Hbond substituents is 1. The zero-order valence-corrected chi connectivity index (χ0v) is 17.4. The number of hydrogen-bond acceptors (Lipinski definition) is 3. The van der Waals surface area contributed by atoms with Crippen molar-refractivity contribution in [1.29, 1.82) is 0 Å². The van der Waals surface area contributed by atoms with E-state index in [1.54, 1.807) is 12.1 Å². The lowest BCUT2D eigenvalue weighted by Gasteiger charge is -2.09. The molecule has 0 radical (unpaired) electrons. The Hall–Kier alpha value is -2.56. The number of fused-ring (bicyclic) bond motifs is 1. The average Bonchev–Trinajstić information content (AvgIpc) is 2.70. The minimum absolute atomic E-state index is 0.0962. The molecule has 0 saturated carbocycles. The Labute approximate surface area is 173 Å². The molecule has 0 aliphatic heterocycles. The molecule has 29 heavy (non-hydrogen) atoms. The SMILES string of the molecule is CCCCCCCCCCCCNC(=O)c1cc2cc(C(=O)O)ccc2cc1O. The number of amides is 1. The normalized spacial score (nSPS) is 10.9. The van der Waals surface area contributed by atoms with Crippen LogP contribution in [0.25, 0.3) is 10.8 Å². The fourth-order valence-corrected chi connectivity index (χ4v) is 3.51. The second-order valence-electron chi connectivity index (χ2n) is 7.67. The van der Waals surface area contributed by atoms with Gasteiger partial charge in [-0.05, 0) is 41.5 Å². The summed E-state index contributed by atoms with van der Waals surface area (Å²) in [6.07, 6.45) is 12.4. The van der Waals surface area contributed by atoms with Crippen molar-refractivity contribution < 1.29 is 19.8 Å². The molecule has 0 atom stereocenters. The number of nitrogens with one attached hydrogen (secondary N) is 1. The highest BCUT2D eigenvalue weighted by atomic mass is 16.4. The van der Waals surface area contributed by atoms with Crippen LogP contribution in [0.1, 0.15) is 91.8 Å². The van der Waals surface area contributed by atoms with Crippen LogP contribution in [0, 0.1) is 0 Å². The van der Waals surface area contributed by atoms with Crippen molar-refractivity contribution >= 4 is 22.6 Å². The van der Waals surface area contributed by atoms with E-state index in [-0.39, 0.29) is 22.8 Å². The predicted molar refractivity (Wildman–Crippen MR) is 117 cm³/mol. The Balaban J connectivity index is 1.74.